The van der Waals surface area contributed by atoms with Gasteiger partial charge in [0.15, 0.2) is 0 Å². The largest absolute Gasteiger partial charge is 0.350 e. The van der Waals surface area contributed by atoms with Crippen molar-refractivity contribution in [3.05, 3.63) is 69.9 Å². The van der Waals surface area contributed by atoms with Crippen LogP contribution in [-0.4, -0.2) is 23.3 Å². The Hall–Kier alpha value is -2.59. The number of hydrogen-bond acceptors (Lipinski definition) is 3. The van der Waals surface area contributed by atoms with Crippen molar-refractivity contribution in [2.75, 3.05) is 11.9 Å². The minimum Gasteiger partial charge on any atom is -0.350 e. The summed E-state index contributed by atoms with van der Waals surface area (Å²) in [6.45, 7) is 6.06. The third-order valence-electron chi connectivity index (χ3n) is 4.27. The number of nitrogens with one attached hydrogen (secondary N) is 1. The maximum atomic E-state index is 12.8. The molecule has 0 unspecified atom stereocenters. The summed E-state index contributed by atoms with van der Waals surface area (Å²) in [7, 11) is 0. The van der Waals surface area contributed by atoms with Crippen LogP contribution in [0.3, 0.4) is 0 Å². The number of halogens is 1. The maximum Gasteiger partial charge on any atom is 0.278 e. The molecule has 1 aliphatic heterocycles. The Labute approximate surface area is 152 Å². The van der Waals surface area contributed by atoms with Gasteiger partial charge in [-0.15, -0.1) is 0 Å². The number of aryl methyl sites for hydroxylation is 2. The van der Waals surface area contributed by atoms with Crippen LogP contribution in [0, 0.1) is 13.8 Å². The van der Waals surface area contributed by atoms with Crippen molar-refractivity contribution in [2.24, 2.45) is 0 Å². The van der Waals surface area contributed by atoms with Crippen LogP contribution in [0.1, 0.15) is 23.6 Å². The molecule has 0 aromatic heterocycles. The van der Waals surface area contributed by atoms with E-state index >= 15 is 0 Å². The van der Waals surface area contributed by atoms with Gasteiger partial charge in [0, 0.05) is 17.3 Å². The van der Waals surface area contributed by atoms with Gasteiger partial charge >= 0.3 is 0 Å². The number of nitrogens with zero attached hydrogens (tertiary/aromatic N) is 1. The lowest BCUT2D eigenvalue weighted by atomic mass is 10.0. The molecule has 0 atom stereocenters. The summed E-state index contributed by atoms with van der Waals surface area (Å²) in [4.78, 5) is 26.8. The van der Waals surface area contributed by atoms with E-state index in [1.165, 1.54) is 4.90 Å². The lowest BCUT2D eigenvalue weighted by molar-refractivity contribution is -0.136. The second-order valence-corrected chi connectivity index (χ2v) is 6.49. The number of amides is 2. The number of carbonyl (C=O) groups excluding carboxylic acids is 2. The summed E-state index contributed by atoms with van der Waals surface area (Å²) < 4.78 is 0. The first kappa shape index (κ1) is 17.2. The van der Waals surface area contributed by atoms with Crippen molar-refractivity contribution in [3.63, 3.8) is 0 Å². The molecule has 128 valence electrons. The van der Waals surface area contributed by atoms with Gasteiger partial charge in [-0.2, -0.15) is 0 Å². The number of anilines is 1. The van der Waals surface area contributed by atoms with E-state index in [9.17, 15) is 9.59 Å². The first-order valence-electron chi connectivity index (χ1n) is 8.13. The average molecular weight is 355 g/mol. The highest BCUT2D eigenvalue weighted by atomic mass is 35.5. The predicted octanol–water partition coefficient (Wildman–Crippen LogP) is 4.17. The molecule has 0 saturated carbocycles. The average Bonchev–Trinajstić information content (AvgIpc) is 2.82. The van der Waals surface area contributed by atoms with Gasteiger partial charge in [-0.3, -0.25) is 14.5 Å². The van der Waals surface area contributed by atoms with E-state index in [4.69, 9.17) is 11.6 Å². The predicted molar refractivity (Wildman–Crippen MR) is 100 cm³/mol. The zero-order valence-corrected chi connectivity index (χ0v) is 15.1. The Kier molecular flexibility index (Phi) is 4.64. The molecule has 0 radical (unpaired) electrons. The van der Waals surface area contributed by atoms with Crippen LogP contribution < -0.4 is 5.32 Å². The summed E-state index contributed by atoms with van der Waals surface area (Å²) in [5.41, 5.74) is 4.26. The second-order valence-electron chi connectivity index (χ2n) is 6.05. The van der Waals surface area contributed by atoms with E-state index in [0.29, 0.717) is 28.4 Å². The monoisotopic (exact) mass is 354 g/mol. The van der Waals surface area contributed by atoms with Crippen molar-refractivity contribution in [2.45, 2.75) is 20.8 Å². The lowest BCUT2D eigenvalue weighted by Gasteiger charge is -2.13. The summed E-state index contributed by atoms with van der Waals surface area (Å²) in [6, 6.07) is 12.9. The van der Waals surface area contributed by atoms with Gasteiger partial charge in [0.1, 0.15) is 5.70 Å². The van der Waals surface area contributed by atoms with Gasteiger partial charge in [-0.1, -0.05) is 35.9 Å². The molecule has 0 saturated heterocycles. The fraction of sp³-hybridized carbons (Fsp3) is 0.200. The van der Waals surface area contributed by atoms with Crippen LogP contribution in [0.15, 0.2) is 48.2 Å². The molecule has 1 aliphatic rings. The lowest BCUT2D eigenvalue weighted by Crippen LogP contribution is -2.32. The standard InChI is InChI=1S/C20H19ClN2O2/c1-4-23-19(24)17(14-7-9-15(21)10-8-14)18(20(23)25)22-16-11-12(2)5-6-13(16)3/h5-11,22H,4H2,1-3H3. The Morgan fingerprint density at radius 1 is 1.00 bits per heavy atom. The second kappa shape index (κ2) is 6.73. The van der Waals surface area contributed by atoms with Crippen LogP contribution in [0.5, 0.6) is 0 Å². The number of carbonyl (C=O) groups is 2. The molecule has 5 heteroatoms. The number of hydrogen-bond donors (Lipinski definition) is 1. The quantitative estimate of drug-likeness (QED) is 0.838. The molecule has 3 rings (SSSR count). The van der Waals surface area contributed by atoms with Crippen molar-refractivity contribution in [1.82, 2.24) is 4.90 Å². The first-order chi connectivity index (χ1) is 11.9. The van der Waals surface area contributed by atoms with Gasteiger partial charge in [-0.05, 0) is 55.7 Å². The highest BCUT2D eigenvalue weighted by Gasteiger charge is 2.38. The number of imide groups is 1. The fourth-order valence-electron chi connectivity index (χ4n) is 2.87. The summed E-state index contributed by atoms with van der Waals surface area (Å²) in [5, 5.41) is 3.77. The van der Waals surface area contributed by atoms with E-state index < -0.39 is 0 Å². The van der Waals surface area contributed by atoms with Crippen molar-refractivity contribution in [3.8, 4) is 0 Å². The van der Waals surface area contributed by atoms with Gasteiger partial charge < -0.3 is 5.32 Å². The van der Waals surface area contributed by atoms with Crippen molar-refractivity contribution >= 4 is 34.7 Å². The molecule has 0 spiro atoms. The fourth-order valence-corrected chi connectivity index (χ4v) is 2.99. The Balaban J connectivity index is 2.12. The molecule has 25 heavy (non-hydrogen) atoms. The molecule has 4 nitrogen and oxygen atoms in total. The van der Waals surface area contributed by atoms with Crippen LogP contribution in [0.2, 0.25) is 5.02 Å². The molecule has 0 fully saturated rings. The molecule has 0 bridgehead atoms. The zero-order valence-electron chi connectivity index (χ0n) is 14.4. The SMILES string of the molecule is CCN1C(=O)C(Nc2cc(C)ccc2C)=C(c2ccc(Cl)cc2)C1=O. The highest BCUT2D eigenvalue weighted by Crippen LogP contribution is 2.31. The minimum absolute atomic E-state index is 0.289. The number of likely N-dealkylation sites (N-methyl/N-ethyl adjacent to an activating group) is 1. The molecule has 0 aliphatic carbocycles. The third-order valence-corrected chi connectivity index (χ3v) is 4.52. The third kappa shape index (κ3) is 3.17. The summed E-state index contributed by atoms with van der Waals surface area (Å²) in [5.74, 6) is -0.596. The van der Waals surface area contributed by atoms with E-state index in [1.54, 1.807) is 31.2 Å². The van der Waals surface area contributed by atoms with E-state index in [1.807, 2.05) is 32.0 Å². The first-order valence-corrected chi connectivity index (χ1v) is 8.51. The molecule has 2 aromatic carbocycles. The smallest absolute Gasteiger partial charge is 0.278 e. The number of rotatable bonds is 4. The summed E-state index contributed by atoms with van der Waals surface area (Å²) >= 11 is 5.95. The Morgan fingerprint density at radius 2 is 1.68 bits per heavy atom. The van der Waals surface area contributed by atoms with E-state index in [0.717, 1.165) is 16.8 Å². The Morgan fingerprint density at radius 3 is 2.32 bits per heavy atom. The molecule has 2 amide bonds. The van der Waals surface area contributed by atoms with Crippen LogP contribution >= 0.6 is 11.6 Å². The van der Waals surface area contributed by atoms with E-state index in [-0.39, 0.29) is 11.8 Å². The highest BCUT2D eigenvalue weighted by molar-refractivity contribution is 6.36. The van der Waals surface area contributed by atoms with Gasteiger partial charge in [0.05, 0.1) is 5.57 Å². The van der Waals surface area contributed by atoms with Gasteiger partial charge in [-0.25, -0.2) is 0 Å². The van der Waals surface area contributed by atoms with Crippen molar-refractivity contribution in [1.29, 1.82) is 0 Å². The van der Waals surface area contributed by atoms with Gasteiger partial charge in [0.25, 0.3) is 11.8 Å². The summed E-state index contributed by atoms with van der Waals surface area (Å²) in [6.07, 6.45) is 0. The van der Waals surface area contributed by atoms with Crippen LogP contribution in [0.4, 0.5) is 5.69 Å². The van der Waals surface area contributed by atoms with E-state index in [2.05, 4.69) is 5.32 Å². The minimum atomic E-state index is -0.307. The zero-order chi connectivity index (χ0) is 18.1. The molecule has 2 aromatic rings. The van der Waals surface area contributed by atoms with Crippen LogP contribution in [-0.2, 0) is 9.59 Å². The molecule has 1 N–H and O–H groups in total. The Bertz CT molecular complexity index is 885. The normalized spacial score (nSPS) is 14.5. The maximum absolute atomic E-state index is 12.8. The molecule has 1 heterocycles. The topological polar surface area (TPSA) is 49.4 Å². The molecular formula is C20H19ClN2O2. The van der Waals surface area contributed by atoms with Crippen molar-refractivity contribution < 1.29 is 9.59 Å². The van der Waals surface area contributed by atoms with Crippen LogP contribution in [0.25, 0.3) is 5.57 Å². The van der Waals surface area contributed by atoms with Gasteiger partial charge in [0.2, 0.25) is 0 Å². The number of benzene rings is 2. The molecular weight excluding hydrogens is 336 g/mol.